The number of aliphatic hydroxyl groups is 2. The quantitative estimate of drug-likeness (QED) is 0.649. The van der Waals surface area contributed by atoms with Gasteiger partial charge in [-0.15, -0.1) is 0 Å². The Labute approximate surface area is 102 Å². The summed E-state index contributed by atoms with van der Waals surface area (Å²) in [6.07, 6.45) is -2.17. The summed E-state index contributed by atoms with van der Waals surface area (Å²) in [6.45, 7) is -0.0536. The van der Waals surface area contributed by atoms with Gasteiger partial charge in [-0.25, -0.2) is 0 Å². The van der Waals surface area contributed by atoms with Gasteiger partial charge in [0.15, 0.2) is 11.5 Å². The molecule has 1 aromatic carbocycles. The van der Waals surface area contributed by atoms with Crippen LogP contribution >= 0.6 is 15.9 Å². The molecule has 1 rings (SSSR count). The van der Waals surface area contributed by atoms with Crippen LogP contribution in [0.1, 0.15) is 11.7 Å². The molecular formula is C10H14BrNO4. The number of phenolic OH excluding ortho intramolecular Hbond substituents is 1. The second-order valence-corrected chi connectivity index (χ2v) is 4.16. The SMILES string of the molecule is COc1cc(C(O)C(O)CN)cc(Br)c1O. The van der Waals surface area contributed by atoms with Crippen LogP contribution in [0, 0.1) is 0 Å². The minimum Gasteiger partial charge on any atom is -0.503 e. The molecule has 2 unspecified atom stereocenters. The predicted octanol–water partition coefficient (Wildman–Crippen LogP) is 0.516. The molecule has 6 heteroatoms. The number of aromatic hydroxyl groups is 1. The summed E-state index contributed by atoms with van der Waals surface area (Å²) >= 11 is 3.12. The van der Waals surface area contributed by atoms with E-state index < -0.39 is 12.2 Å². The van der Waals surface area contributed by atoms with Crippen molar-refractivity contribution < 1.29 is 20.1 Å². The molecule has 0 saturated carbocycles. The number of phenols is 1. The average Bonchev–Trinajstić information content (AvgIpc) is 2.30. The average molecular weight is 292 g/mol. The molecule has 0 spiro atoms. The molecule has 0 aliphatic heterocycles. The Morgan fingerprint density at radius 1 is 1.44 bits per heavy atom. The molecule has 90 valence electrons. The monoisotopic (exact) mass is 291 g/mol. The van der Waals surface area contributed by atoms with Gasteiger partial charge in [0.25, 0.3) is 0 Å². The van der Waals surface area contributed by atoms with E-state index >= 15 is 0 Å². The molecule has 0 aliphatic carbocycles. The fourth-order valence-electron chi connectivity index (χ4n) is 1.27. The maximum Gasteiger partial charge on any atom is 0.172 e. The van der Waals surface area contributed by atoms with E-state index in [0.717, 1.165) is 0 Å². The summed E-state index contributed by atoms with van der Waals surface area (Å²) < 4.78 is 5.31. The van der Waals surface area contributed by atoms with Crippen LogP contribution in [0.2, 0.25) is 0 Å². The van der Waals surface area contributed by atoms with Gasteiger partial charge in [0.05, 0.1) is 17.7 Å². The standard InChI is InChI=1S/C10H14BrNO4/c1-16-8-3-5(2-6(11)10(8)15)9(14)7(13)4-12/h2-3,7,9,13-15H,4,12H2,1H3. The van der Waals surface area contributed by atoms with Crippen molar-refractivity contribution in [1.29, 1.82) is 0 Å². The smallest absolute Gasteiger partial charge is 0.172 e. The fraction of sp³-hybridized carbons (Fsp3) is 0.400. The molecule has 2 atom stereocenters. The molecule has 5 N–H and O–H groups in total. The Bertz CT molecular complexity index is 372. The Kier molecular flexibility index (Phi) is 4.55. The van der Waals surface area contributed by atoms with Gasteiger partial charge < -0.3 is 25.8 Å². The summed E-state index contributed by atoms with van der Waals surface area (Å²) in [5.41, 5.74) is 5.66. The van der Waals surface area contributed by atoms with Crippen molar-refractivity contribution in [3.05, 3.63) is 22.2 Å². The summed E-state index contributed by atoms with van der Waals surface area (Å²) in [4.78, 5) is 0. The highest BCUT2D eigenvalue weighted by atomic mass is 79.9. The number of aliphatic hydroxyl groups excluding tert-OH is 2. The Balaban J connectivity index is 3.10. The van der Waals surface area contributed by atoms with E-state index in [2.05, 4.69) is 15.9 Å². The van der Waals surface area contributed by atoms with Crippen LogP contribution in [0.15, 0.2) is 16.6 Å². The van der Waals surface area contributed by atoms with Gasteiger partial charge in [0, 0.05) is 6.54 Å². The lowest BCUT2D eigenvalue weighted by molar-refractivity contribution is 0.0241. The van der Waals surface area contributed by atoms with Crippen LogP contribution in [0.3, 0.4) is 0 Å². The number of methoxy groups -OCH3 is 1. The van der Waals surface area contributed by atoms with E-state index in [0.29, 0.717) is 10.0 Å². The Hall–Kier alpha value is -0.820. The first-order valence-corrected chi connectivity index (χ1v) is 5.43. The van der Waals surface area contributed by atoms with E-state index in [1.807, 2.05) is 0 Å². The topological polar surface area (TPSA) is 95.9 Å². The van der Waals surface area contributed by atoms with Gasteiger partial charge >= 0.3 is 0 Å². The number of halogens is 1. The zero-order valence-corrected chi connectivity index (χ0v) is 10.3. The third kappa shape index (κ3) is 2.65. The van der Waals surface area contributed by atoms with Crippen molar-refractivity contribution in [2.45, 2.75) is 12.2 Å². The molecule has 1 aromatic rings. The van der Waals surface area contributed by atoms with Gasteiger partial charge in [-0.2, -0.15) is 0 Å². The predicted molar refractivity (Wildman–Crippen MR) is 62.4 cm³/mol. The number of benzene rings is 1. The molecule has 0 aromatic heterocycles. The van der Waals surface area contributed by atoms with Gasteiger partial charge in [-0.3, -0.25) is 0 Å². The van der Waals surface area contributed by atoms with Crippen LogP contribution in [-0.4, -0.2) is 35.1 Å². The Morgan fingerprint density at radius 3 is 2.56 bits per heavy atom. The molecule has 16 heavy (non-hydrogen) atoms. The highest BCUT2D eigenvalue weighted by Crippen LogP contribution is 2.37. The molecule has 0 fully saturated rings. The lowest BCUT2D eigenvalue weighted by atomic mass is 10.0. The van der Waals surface area contributed by atoms with E-state index in [9.17, 15) is 15.3 Å². The summed E-state index contributed by atoms with van der Waals surface area (Å²) in [7, 11) is 1.40. The largest absolute Gasteiger partial charge is 0.503 e. The minimum absolute atomic E-state index is 0.0536. The number of ether oxygens (including phenoxy) is 1. The van der Waals surface area contributed by atoms with Crippen molar-refractivity contribution >= 4 is 15.9 Å². The molecule has 0 bridgehead atoms. The van der Waals surface area contributed by atoms with Crippen LogP contribution in [0.25, 0.3) is 0 Å². The summed E-state index contributed by atoms with van der Waals surface area (Å²) in [5.74, 6) is 0.160. The summed E-state index contributed by atoms with van der Waals surface area (Å²) in [6, 6.07) is 2.95. The van der Waals surface area contributed by atoms with Crippen LogP contribution in [0.5, 0.6) is 11.5 Å². The van der Waals surface area contributed by atoms with Gasteiger partial charge in [-0.1, -0.05) is 0 Å². The lowest BCUT2D eigenvalue weighted by Crippen LogP contribution is -2.27. The van der Waals surface area contributed by atoms with Gasteiger partial charge in [-0.05, 0) is 33.6 Å². The first-order chi connectivity index (χ1) is 7.51. The second-order valence-electron chi connectivity index (χ2n) is 3.30. The number of rotatable bonds is 4. The normalized spacial score (nSPS) is 14.6. The molecule has 0 radical (unpaired) electrons. The molecule has 0 heterocycles. The van der Waals surface area contributed by atoms with Crippen LogP contribution in [0.4, 0.5) is 0 Å². The lowest BCUT2D eigenvalue weighted by Gasteiger charge is -2.18. The van der Waals surface area contributed by atoms with Crippen LogP contribution in [-0.2, 0) is 0 Å². The van der Waals surface area contributed by atoms with Gasteiger partial charge in [0.1, 0.15) is 6.10 Å². The van der Waals surface area contributed by atoms with Crippen molar-refractivity contribution in [3.8, 4) is 11.5 Å². The maximum atomic E-state index is 9.74. The Morgan fingerprint density at radius 2 is 2.06 bits per heavy atom. The van der Waals surface area contributed by atoms with E-state index in [4.69, 9.17) is 10.5 Å². The molecule has 5 nitrogen and oxygen atoms in total. The maximum absolute atomic E-state index is 9.74. The second kappa shape index (κ2) is 5.49. The fourth-order valence-corrected chi connectivity index (χ4v) is 1.73. The number of hydrogen-bond acceptors (Lipinski definition) is 5. The summed E-state index contributed by atoms with van der Waals surface area (Å²) in [5, 5.41) is 28.7. The highest BCUT2D eigenvalue weighted by molar-refractivity contribution is 9.10. The highest BCUT2D eigenvalue weighted by Gasteiger charge is 2.19. The zero-order valence-electron chi connectivity index (χ0n) is 8.72. The third-order valence-corrected chi connectivity index (χ3v) is 2.82. The molecule has 0 amide bonds. The van der Waals surface area contributed by atoms with Gasteiger partial charge in [0.2, 0.25) is 0 Å². The molecule has 0 aliphatic rings. The molecule has 0 saturated heterocycles. The molecular weight excluding hydrogens is 278 g/mol. The first-order valence-electron chi connectivity index (χ1n) is 4.63. The van der Waals surface area contributed by atoms with Crippen molar-refractivity contribution in [1.82, 2.24) is 0 Å². The van der Waals surface area contributed by atoms with E-state index in [1.165, 1.54) is 19.2 Å². The van der Waals surface area contributed by atoms with Crippen LogP contribution < -0.4 is 10.5 Å². The number of hydrogen-bond donors (Lipinski definition) is 4. The van der Waals surface area contributed by atoms with Crippen molar-refractivity contribution in [3.63, 3.8) is 0 Å². The first kappa shape index (κ1) is 13.2. The van der Waals surface area contributed by atoms with Crippen molar-refractivity contribution in [2.24, 2.45) is 5.73 Å². The minimum atomic E-state index is -1.12. The number of nitrogens with two attached hydrogens (primary N) is 1. The third-order valence-electron chi connectivity index (χ3n) is 2.22. The zero-order chi connectivity index (χ0) is 12.3. The van der Waals surface area contributed by atoms with Crippen molar-refractivity contribution in [2.75, 3.05) is 13.7 Å². The van der Waals surface area contributed by atoms with E-state index in [-0.39, 0.29) is 18.0 Å². The van der Waals surface area contributed by atoms with E-state index in [1.54, 1.807) is 0 Å².